The molecule has 0 aliphatic carbocycles. The number of aliphatic imine (C=N–C) groups is 1. The molecule has 7 nitrogen and oxygen atoms in total. The molecule has 1 fully saturated rings. The molecule has 0 bridgehead atoms. The van der Waals surface area contributed by atoms with Crippen LogP contribution < -0.4 is 10.2 Å². The van der Waals surface area contributed by atoms with Gasteiger partial charge in [0.25, 0.3) is 0 Å². The summed E-state index contributed by atoms with van der Waals surface area (Å²) in [6, 6.07) is 6.05. The molecule has 2 aromatic rings. The Morgan fingerprint density at radius 1 is 1.38 bits per heavy atom. The molecule has 1 N–H and O–H groups in total. The third-order valence-corrected chi connectivity index (χ3v) is 4.15. The lowest BCUT2D eigenvalue weighted by atomic mass is 10.2. The van der Waals surface area contributed by atoms with Gasteiger partial charge in [-0.25, -0.2) is 4.98 Å². The van der Waals surface area contributed by atoms with Crippen LogP contribution in [0, 0.1) is 0 Å². The second-order valence-corrected chi connectivity index (χ2v) is 5.96. The van der Waals surface area contributed by atoms with E-state index >= 15 is 0 Å². The van der Waals surface area contributed by atoms with Gasteiger partial charge in [-0.1, -0.05) is 5.16 Å². The number of nitrogens with zero attached hydrogens (tertiary/aromatic N) is 5. The average molecular weight is 328 g/mol. The molecule has 0 radical (unpaired) electrons. The van der Waals surface area contributed by atoms with Crippen molar-refractivity contribution in [1.82, 2.24) is 20.4 Å². The monoisotopic (exact) mass is 328 g/mol. The van der Waals surface area contributed by atoms with Crippen LogP contribution in [0.1, 0.15) is 24.1 Å². The van der Waals surface area contributed by atoms with Crippen molar-refractivity contribution in [1.29, 1.82) is 0 Å². The molecule has 1 saturated heterocycles. The summed E-state index contributed by atoms with van der Waals surface area (Å²) in [5.41, 5.74) is 2.07. The third-order valence-electron chi connectivity index (χ3n) is 4.15. The first-order valence-electron chi connectivity index (χ1n) is 8.27. The van der Waals surface area contributed by atoms with Gasteiger partial charge in [0.15, 0.2) is 5.96 Å². The molecule has 2 aromatic heterocycles. The van der Waals surface area contributed by atoms with E-state index in [1.165, 1.54) is 18.4 Å². The first kappa shape index (κ1) is 16.3. The highest BCUT2D eigenvalue weighted by Gasteiger charge is 2.14. The van der Waals surface area contributed by atoms with Crippen LogP contribution in [-0.4, -0.2) is 48.2 Å². The Bertz CT molecular complexity index is 663. The Hall–Kier alpha value is -2.57. The Kier molecular flexibility index (Phi) is 5.30. The van der Waals surface area contributed by atoms with E-state index in [0.717, 1.165) is 30.6 Å². The third kappa shape index (κ3) is 4.04. The summed E-state index contributed by atoms with van der Waals surface area (Å²) in [4.78, 5) is 13.2. The first-order chi connectivity index (χ1) is 11.8. The fourth-order valence-electron chi connectivity index (χ4n) is 2.89. The lowest BCUT2D eigenvalue weighted by Crippen LogP contribution is -2.38. The second kappa shape index (κ2) is 7.81. The number of hydrogen-bond donors (Lipinski definition) is 1. The molecule has 3 rings (SSSR count). The molecule has 24 heavy (non-hydrogen) atoms. The van der Waals surface area contributed by atoms with Crippen LogP contribution in [0.25, 0.3) is 0 Å². The van der Waals surface area contributed by atoms with Gasteiger partial charge in [0.2, 0.25) is 0 Å². The highest BCUT2D eigenvalue weighted by atomic mass is 16.5. The van der Waals surface area contributed by atoms with Crippen LogP contribution in [0.3, 0.4) is 0 Å². The molecule has 3 heterocycles. The van der Waals surface area contributed by atoms with Crippen molar-refractivity contribution < 1.29 is 4.52 Å². The van der Waals surface area contributed by atoms with Gasteiger partial charge in [-0.3, -0.25) is 4.99 Å². The maximum Gasteiger partial charge on any atom is 0.194 e. The van der Waals surface area contributed by atoms with Crippen molar-refractivity contribution in [2.45, 2.75) is 25.9 Å². The smallest absolute Gasteiger partial charge is 0.194 e. The zero-order valence-electron chi connectivity index (χ0n) is 14.3. The number of aromatic nitrogens is 2. The van der Waals surface area contributed by atoms with Crippen molar-refractivity contribution in [2.75, 3.05) is 32.1 Å². The highest BCUT2D eigenvalue weighted by molar-refractivity contribution is 5.79. The fraction of sp³-hybridized carbons (Fsp3) is 0.471. The van der Waals surface area contributed by atoms with E-state index in [-0.39, 0.29) is 0 Å². The summed E-state index contributed by atoms with van der Waals surface area (Å²) < 4.78 is 4.87. The van der Waals surface area contributed by atoms with E-state index in [9.17, 15) is 0 Å². The lowest BCUT2D eigenvalue weighted by molar-refractivity contribution is 0.391. The van der Waals surface area contributed by atoms with E-state index in [2.05, 4.69) is 31.4 Å². The van der Waals surface area contributed by atoms with E-state index in [0.29, 0.717) is 13.1 Å². The van der Waals surface area contributed by atoms with Crippen LogP contribution in [0.5, 0.6) is 0 Å². The molecule has 0 aromatic carbocycles. The van der Waals surface area contributed by atoms with Gasteiger partial charge in [0.05, 0.1) is 6.54 Å². The normalized spacial score (nSPS) is 14.9. The summed E-state index contributed by atoms with van der Waals surface area (Å²) >= 11 is 0. The quantitative estimate of drug-likeness (QED) is 0.667. The molecule has 128 valence electrons. The van der Waals surface area contributed by atoms with Crippen molar-refractivity contribution in [3.63, 3.8) is 0 Å². The number of nitrogens with one attached hydrogen (secondary N) is 1. The molecule has 0 saturated carbocycles. The van der Waals surface area contributed by atoms with Gasteiger partial charge in [0, 0.05) is 46.0 Å². The fourth-order valence-corrected chi connectivity index (χ4v) is 2.89. The number of anilines is 1. The molecule has 0 spiro atoms. The van der Waals surface area contributed by atoms with Gasteiger partial charge in [-0.2, -0.15) is 0 Å². The Morgan fingerprint density at radius 2 is 2.21 bits per heavy atom. The first-order valence-corrected chi connectivity index (χ1v) is 8.27. The van der Waals surface area contributed by atoms with Gasteiger partial charge in [-0.05, 0) is 30.5 Å². The Balaban J connectivity index is 1.58. The average Bonchev–Trinajstić information content (AvgIpc) is 3.29. The molecule has 1 aliphatic heterocycles. The highest BCUT2D eigenvalue weighted by Crippen LogP contribution is 2.18. The van der Waals surface area contributed by atoms with E-state index < -0.39 is 0 Å². The maximum absolute atomic E-state index is 4.87. The van der Waals surface area contributed by atoms with Crippen LogP contribution in [0.15, 0.2) is 40.2 Å². The summed E-state index contributed by atoms with van der Waals surface area (Å²) in [6.07, 6.45) is 5.97. The van der Waals surface area contributed by atoms with Crippen molar-refractivity contribution in [2.24, 2.45) is 4.99 Å². The van der Waals surface area contributed by atoms with E-state index in [4.69, 9.17) is 4.52 Å². The van der Waals surface area contributed by atoms with E-state index in [1.807, 2.05) is 30.3 Å². The molecular formula is C17H24N6O. The standard InChI is InChI=1S/C17H24N6O/c1-18-17(22(2)13-15-6-10-24-21-15)20-12-14-5-7-19-16(11-14)23-8-3-4-9-23/h5-7,10-11H,3-4,8-9,12-13H2,1-2H3,(H,18,20). The Morgan fingerprint density at radius 3 is 2.92 bits per heavy atom. The predicted molar refractivity (Wildman–Crippen MR) is 93.9 cm³/mol. The minimum Gasteiger partial charge on any atom is -0.364 e. The molecule has 7 heteroatoms. The number of hydrogen-bond acceptors (Lipinski definition) is 5. The minimum absolute atomic E-state index is 0.644. The van der Waals surface area contributed by atoms with Crippen LogP contribution >= 0.6 is 0 Å². The van der Waals surface area contributed by atoms with Gasteiger partial charge in [-0.15, -0.1) is 0 Å². The summed E-state index contributed by atoms with van der Waals surface area (Å²) in [5, 5.41) is 7.32. The predicted octanol–water partition coefficient (Wildman–Crippen LogP) is 1.88. The maximum atomic E-state index is 4.87. The SMILES string of the molecule is CN=C(NCc1ccnc(N2CCCC2)c1)N(C)Cc1ccon1. The van der Waals surface area contributed by atoms with Crippen molar-refractivity contribution in [3.05, 3.63) is 41.9 Å². The largest absolute Gasteiger partial charge is 0.364 e. The van der Waals surface area contributed by atoms with Gasteiger partial charge >= 0.3 is 0 Å². The van der Waals surface area contributed by atoms with Crippen molar-refractivity contribution in [3.8, 4) is 0 Å². The van der Waals surface area contributed by atoms with Gasteiger partial charge < -0.3 is 19.6 Å². The van der Waals surface area contributed by atoms with Crippen LogP contribution in [-0.2, 0) is 13.1 Å². The second-order valence-electron chi connectivity index (χ2n) is 5.96. The van der Waals surface area contributed by atoms with Crippen molar-refractivity contribution >= 4 is 11.8 Å². The number of pyridine rings is 1. The molecular weight excluding hydrogens is 304 g/mol. The molecule has 0 atom stereocenters. The summed E-state index contributed by atoms with van der Waals surface area (Å²) in [6.45, 7) is 3.56. The van der Waals surface area contributed by atoms with Crippen LogP contribution in [0.2, 0.25) is 0 Å². The number of rotatable bonds is 5. The zero-order chi connectivity index (χ0) is 16.8. The minimum atomic E-state index is 0.644. The lowest BCUT2D eigenvalue weighted by Gasteiger charge is -2.21. The Labute approximate surface area is 142 Å². The molecule has 0 amide bonds. The summed E-state index contributed by atoms with van der Waals surface area (Å²) in [7, 11) is 3.76. The van der Waals surface area contributed by atoms with E-state index in [1.54, 1.807) is 13.3 Å². The molecule has 0 unspecified atom stereocenters. The number of guanidine groups is 1. The topological polar surface area (TPSA) is 69.8 Å². The van der Waals surface area contributed by atoms with Gasteiger partial charge in [0.1, 0.15) is 17.8 Å². The van der Waals surface area contributed by atoms with Crippen LogP contribution in [0.4, 0.5) is 5.82 Å². The zero-order valence-corrected chi connectivity index (χ0v) is 14.3. The summed E-state index contributed by atoms with van der Waals surface area (Å²) in [5.74, 6) is 1.88. The molecule has 1 aliphatic rings.